The molecule has 0 unspecified atom stereocenters. The number of nitrogens with zero attached hydrogens (tertiary/aromatic N) is 4. The fourth-order valence-electron chi connectivity index (χ4n) is 3.02. The minimum atomic E-state index is -5.08. The van der Waals surface area contributed by atoms with Crippen molar-refractivity contribution in [3.63, 3.8) is 0 Å². The van der Waals surface area contributed by atoms with Gasteiger partial charge in [0.1, 0.15) is 17.9 Å². The SMILES string of the molecule is O=C(O)C(F)(F)F.O=C1CO[C@@H]2CN(c3nncs3)C[C@H]2N1c1cccc(F)c1. The summed E-state index contributed by atoms with van der Waals surface area (Å²) in [5, 5.41) is 15.8. The van der Waals surface area contributed by atoms with E-state index < -0.39 is 12.1 Å². The minimum Gasteiger partial charge on any atom is -0.475 e. The van der Waals surface area contributed by atoms with Gasteiger partial charge >= 0.3 is 12.1 Å². The number of hydrogen-bond donors (Lipinski definition) is 1. The standard InChI is InChI=1S/C14H13FN4O2S.C2HF3O2/c15-9-2-1-3-10(4-9)19-11-5-18(14-17-16-8-22-14)6-12(11)21-7-13(19)20;3-2(4,5)1(6)7/h1-4,8,11-12H,5-7H2;(H,6,7)/t11-,12-;/m1./s1. The fourth-order valence-corrected chi connectivity index (χ4v) is 3.60. The van der Waals surface area contributed by atoms with Gasteiger partial charge in [0.25, 0.3) is 5.91 Å². The number of carbonyl (C=O) groups is 2. The van der Waals surface area contributed by atoms with Gasteiger partial charge in [0, 0.05) is 18.8 Å². The van der Waals surface area contributed by atoms with Crippen LogP contribution in [0.25, 0.3) is 0 Å². The average Bonchev–Trinajstić information content (AvgIpc) is 3.30. The van der Waals surface area contributed by atoms with E-state index in [1.165, 1.54) is 23.5 Å². The Morgan fingerprint density at radius 2 is 2.03 bits per heavy atom. The number of aliphatic carboxylic acids is 1. The highest BCUT2D eigenvalue weighted by Gasteiger charge is 2.44. The van der Waals surface area contributed by atoms with Gasteiger partial charge in [-0.2, -0.15) is 13.2 Å². The van der Waals surface area contributed by atoms with Crippen molar-refractivity contribution in [2.24, 2.45) is 0 Å². The second-order valence-corrected chi connectivity index (χ2v) is 6.90. The Bertz CT molecular complexity index is 880. The Balaban J connectivity index is 0.000000298. The molecule has 2 aliphatic heterocycles. The second-order valence-electron chi connectivity index (χ2n) is 6.09. The summed E-state index contributed by atoms with van der Waals surface area (Å²) < 4.78 is 50.9. The zero-order chi connectivity index (χ0) is 21.2. The highest BCUT2D eigenvalue weighted by molar-refractivity contribution is 7.13. The van der Waals surface area contributed by atoms with Gasteiger partial charge < -0.3 is 19.6 Å². The lowest BCUT2D eigenvalue weighted by molar-refractivity contribution is -0.192. The number of carboxylic acid groups (broad SMARTS) is 1. The monoisotopic (exact) mass is 434 g/mol. The molecule has 0 spiro atoms. The van der Waals surface area contributed by atoms with Crippen LogP contribution in [-0.4, -0.2) is 65.2 Å². The molecule has 1 N–H and O–H groups in total. The number of rotatable bonds is 2. The molecule has 3 heterocycles. The van der Waals surface area contributed by atoms with E-state index in [4.69, 9.17) is 14.6 Å². The molecule has 2 aliphatic rings. The van der Waals surface area contributed by atoms with Gasteiger partial charge in [-0.05, 0) is 18.2 Å². The molecule has 2 aromatic rings. The lowest BCUT2D eigenvalue weighted by atomic mass is 10.1. The van der Waals surface area contributed by atoms with E-state index in [0.29, 0.717) is 18.8 Å². The fraction of sp³-hybridized carbons (Fsp3) is 0.375. The molecule has 1 aromatic carbocycles. The third-order valence-electron chi connectivity index (χ3n) is 4.21. The molecule has 8 nitrogen and oxygen atoms in total. The van der Waals surface area contributed by atoms with Crippen molar-refractivity contribution in [3.05, 3.63) is 35.6 Å². The van der Waals surface area contributed by atoms with Gasteiger partial charge in [-0.1, -0.05) is 17.4 Å². The Morgan fingerprint density at radius 3 is 2.62 bits per heavy atom. The van der Waals surface area contributed by atoms with Crippen LogP contribution in [0.15, 0.2) is 29.8 Å². The molecular weight excluding hydrogens is 420 g/mol. The minimum absolute atomic E-state index is 0.0155. The zero-order valence-electron chi connectivity index (χ0n) is 14.5. The first-order chi connectivity index (χ1) is 13.7. The topological polar surface area (TPSA) is 95.9 Å². The number of carbonyl (C=O) groups excluding carboxylic acids is 1. The van der Waals surface area contributed by atoms with Gasteiger partial charge in [-0.15, -0.1) is 10.2 Å². The summed E-state index contributed by atoms with van der Waals surface area (Å²) in [5.74, 6) is -3.26. The van der Waals surface area contributed by atoms with E-state index in [2.05, 4.69) is 15.1 Å². The van der Waals surface area contributed by atoms with Gasteiger partial charge in [0.15, 0.2) is 0 Å². The van der Waals surface area contributed by atoms with Gasteiger partial charge in [0.2, 0.25) is 5.13 Å². The molecule has 1 aromatic heterocycles. The van der Waals surface area contributed by atoms with Crippen LogP contribution >= 0.6 is 11.3 Å². The van der Waals surface area contributed by atoms with Crippen molar-refractivity contribution in [1.82, 2.24) is 10.2 Å². The maximum atomic E-state index is 13.5. The summed E-state index contributed by atoms with van der Waals surface area (Å²) in [6.45, 7) is 1.27. The van der Waals surface area contributed by atoms with E-state index in [0.717, 1.165) is 5.13 Å². The first-order valence-corrected chi connectivity index (χ1v) is 9.05. The lowest BCUT2D eigenvalue weighted by Crippen LogP contribution is -2.54. The molecule has 2 atom stereocenters. The van der Waals surface area contributed by atoms with Crippen molar-refractivity contribution >= 4 is 34.0 Å². The number of anilines is 2. The Kier molecular flexibility index (Phi) is 5.98. The number of carboxylic acids is 1. The Labute approximate surface area is 165 Å². The second kappa shape index (κ2) is 8.29. The maximum absolute atomic E-state index is 13.5. The van der Waals surface area contributed by atoms with Crippen LogP contribution in [0.1, 0.15) is 0 Å². The van der Waals surface area contributed by atoms with Crippen LogP contribution in [0.3, 0.4) is 0 Å². The highest BCUT2D eigenvalue weighted by atomic mass is 32.1. The molecule has 2 saturated heterocycles. The number of hydrogen-bond acceptors (Lipinski definition) is 7. The quantitative estimate of drug-likeness (QED) is 0.722. The molecule has 0 aliphatic carbocycles. The van der Waals surface area contributed by atoms with Crippen molar-refractivity contribution in [2.75, 3.05) is 29.5 Å². The third-order valence-corrected chi connectivity index (χ3v) is 4.96. The smallest absolute Gasteiger partial charge is 0.475 e. The summed E-state index contributed by atoms with van der Waals surface area (Å²) >= 11 is 1.45. The molecule has 0 saturated carbocycles. The predicted octanol–water partition coefficient (Wildman–Crippen LogP) is 1.93. The first kappa shape index (κ1) is 20.9. The number of alkyl halides is 3. The normalized spacial score (nSPS) is 21.4. The van der Waals surface area contributed by atoms with Gasteiger partial charge in [-0.3, -0.25) is 4.79 Å². The Hall–Kier alpha value is -2.80. The molecule has 2 fully saturated rings. The molecule has 1 amide bonds. The highest BCUT2D eigenvalue weighted by Crippen LogP contribution is 2.31. The summed E-state index contributed by atoms with van der Waals surface area (Å²) in [6.07, 6.45) is -5.19. The number of benzene rings is 1. The van der Waals surface area contributed by atoms with Crippen molar-refractivity contribution in [3.8, 4) is 0 Å². The number of morpholine rings is 1. The van der Waals surface area contributed by atoms with E-state index in [1.807, 2.05) is 0 Å². The number of ether oxygens (including phenoxy) is 1. The molecular formula is C16H14F4N4O4S. The lowest BCUT2D eigenvalue weighted by Gasteiger charge is -2.36. The molecule has 0 radical (unpaired) electrons. The molecule has 29 heavy (non-hydrogen) atoms. The van der Waals surface area contributed by atoms with Crippen molar-refractivity contribution < 1.29 is 37.0 Å². The molecule has 13 heteroatoms. The van der Waals surface area contributed by atoms with E-state index in [9.17, 15) is 22.4 Å². The van der Waals surface area contributed by atoms with Crippen LogP contribution < -0.4 is 9.80 Å². The molecule has 4 rings (SSSR count). The molecule has 0 bridgehead atoms. The zero-order valence-corrected chi connectivity index (χ0v) is 15.4. The Morgan fingerprint density at radius 1 is 1.31 bits per heavy atom. The van der Waals surface area contributed by atoms with Crippen LogP contribution in [0.5, 0.6) is 0 Å². The predicted molar refractivity (Wildman–Crippen MR) is 93.2 cm³/mol. The first-order valence-electron chi connectivity index (χ1n) is 8.17. The number of halogens is 4. The summed E-state index contributed by atoms with van der Waals surface area (Å²) in [5.41, 5.74) is 2.25. The van der Waals surface area contributed by atoms with Crippen molar-refractivity contribution in [2.45, 2.75) is 18.3 Å². The van der Waals surface area contributed by atoms with Gasteiger partial charge in [-0.25, -0.2) is 9.18 Å². The summed E-state index contributed by atoms with van der Waals surface area (Å²) in [4.78, 5) is 24.9. The van der Waals surface area contributed by atoms with Crippen LogP contribution in [0.2, 0.25) is 0 Å². The number of fused-ring (bicyclic) bond motifs is 1. The summed E-state index contributed by atoms with van der Waals surface area (Å²) in [6, 6.07) is 5.96. The van der Waals surface area contributed by atoms with E-state index in [-0.39, 0.29) is 30.5 Å². The van der Waals surface area contributed by atoms with Gasteiger partial charge in [0.05, 0.1) is 12.1 Å². The number of aromatic nitrogens is 2. The summed E-state index contributed by atoms with van der Waals surface area (Å²) in [7, 11) is 0. The largest absolute Gasteiger partial charge is 0.490 e. The van der Waals surface area contributed by atoms with Crippen LogP contribution in [0.4, 0.5) is 28.4 Å². The number of amides is 1. The van der Waals surface area contributed by atoms with Crippen LogP contribution in [-0.2, 0) is 14.3 Å². The van der Waals surface area contributed by atoms with Crippen LogP contribution in [0, 0.1) is 5.82 Å². The van der Waals surface area contributed by atoms with E-state index >= 15 is 0 Å². The van der Waals surface area contributed by atoms with Crippen molar-refractivity contribution in [1.29, 1.82) is 0 Å². The maximum Gasteiger partial charge on any atom is 0.490 e. The third kappa shape index (κ3) is 4.79. The van der Waals surface area contributed by atoms with E-state index in [1.54, 1.807) is 22.5 Å². The molecule has 156 valence electrons. The average molecular weight is 434 g/mol.